The molecule has 0 aromatic rings. The minimum Gasteiger partial charge on any atom is -0.353 e. The molecule has 1 rings (SSSR count). The van der Waals surface area contributed by atoms with Crippen LogP contribution in [0.2, 0.25) is 0 Å². The molecule has 0 radical (unpaired) electrons. The average Bonchev–Trinajstić information content (AvgIpc) is 2.27. The average molecular weight is 268 g/mol. The Bertz CT molecular complexity index is 277. The molecule has 1 aliphatic heterocycles. The van der Waals surface area contributed by atoms with Gasteiger partial charge in [-0.25, -0.2) is 0 Å². The molecule has 112 valence electrons. The number of amides is 1. The van der Waals surface area contributed by atoms with E-state index in [1.807, 2.05) is 0 Å². The number of carbonyl (C=O) groups is 1. The zero-order valence-electron chi connectivity index (χ0n) is 13.4. The first-order valence-corrected chi connectivity index (χ1v) is 7.78. The van der Waals surface area contributed by atoms with Gasteiger partial charge in [-0.15, -0.1) is 0 Å². The third-order valence-corrected chi connectivity index (χ3v) is 3.97. The van der Waals surface area contributed by atoms with Crippen molar-refractivity contribution in [1.29, 1.82) is 0 Å². The molecule has 1 heterocycles. The molecule has 3 heteroatoms. The van der Waals surface area contributed by atoms with Crippen molar-refractivity contribution in [1.82, 2.24) is 10.6 Å². The van der Waals surface area contributed by atoms with Crippen LogP contribution in [0.25, 0.3) is 0 Å². The van der Waals surface area contributed by atoms with Crippen molar-refractivity contribution in [3.63, 3.8) is 0 Å². The van der Waals surface area contributed by atoms with Crippen LogP contribution in [-0.2, 0) is 4.79 Å². The summed E-state index contributed by atoms with van der Waals surface area (Å²) in [6.07, 6.45) is 4.12. The molecule has 0 bridgehead atoms. The van der Waals surface area contributed by atoms with Crippen LogP contribution < -0.4 is 10.6 Å². The SMILES string of the molecule is CC(CC(=O)NC(C)C1CCNCC1)CC(C)(C)C. The third kappa shape index (κ3) is 6.95. The van der Waals surface area contributed by atoms with E-state index in [1.54, 1.807) is 0 Å². The van der Waals surface area contributed by atoms with Crippen molar-refractivity contribution in [2.45, 2.75) is 66.3 Å². The van der Waals surface area contributed by atoms with Gasteiger partial charge in [0, 0.05) is 12.5 Å². The zero-order valence-corrected chi connectivity index (χ0v) is 13.4. The number of carbonyl (C=O) groups excluding carboxylic acids is 1. The molecule has 0 aromatic heterocycles. The summed E-state index contributed by atoms with van der Waals surface area (Å²) in [5.74, 6) is 1.33. The molecule has 0 aliphatic carbocycles. The first-order valence-electron chi connectivity index (χ1n) is 7.78. The van der Waals surface area contributed by atoms with Gasteiger partial charge in [-0.1, -0.05) is 27.7 Å². The summed E-state index contributed by atoms with van der Waals surface area (Å²) >= 11 is 0. The predicted octanol–water partition coefficient (Wildman–Crippen LogP) is 2.95. The topological polar surface area (TPSA) is 41.1 Å². The van der Waals surface area contributed by atoms with Gasteiger partial charge in [-0.2, -0.15) is 0 Å². The minimum atomic E-state index is 0.225. The van der Waals surface area contributed by atoms with E-state index >= 15 is 0 Å². The van der Waals surface area contributed by atoms with Gasteiger partial charge in [-0.05, 0) is 56.5 Å². The molecule has 2 N–H and O–H groups in total. The Kier molecular flexibility index (Phi) is 6.31. The van der Waals surface area contributed by atoms with Crippen LogP contribution in [0.5, 0.6) is 0 Å². The molecule has 2 atom stereocenters. The fraction of sp³-hybridized carbons (Fsp3) is 0.938. The molecule has 1 amide bonds. The molecular formula is C16H32N2O. The summed E-state index contributed by atoms with van der Waals surface area (Å²) in [5, 5.41) is 6.57. The highest BCUT2D eigenvalue weighted by molar-refractivity contribution is 5.76. The first-order chi connectivity index (χ1) is 8.78. The maximum Gasteiger partial charge on any atom is 0.220 e. The molecule has 0 saturated carbocycles. The fourth-order valence-electron chi connectivity index (χ4n) is 3.21. The lowest BCUT2D eigenvalue weighted by Gasteiger charge is -2.29. The van der Waals surface area contributed by atoms with Gasteiger partial charge in [0.1, 0.15) is 0 Å². The summed E-state index contributed by atoms with van der Waals surface area (Å²) in [7, 11) is 0. The fourth-order valence-corrected chi connectivity index (χ4v) is 3.21. The Morgan fingerprint density at radius 1 is 1.26 bits per heavy atom. The lowest BCUT2D eigenvalue weighted by atomic mass is 9.84. The molecule has 3 nitrogen and oxygen atoms in total. The largest absolute Gasteiger partial charge is 0.353 e. The normalized spacial score (nSPS) is 20.9. The lowest BCUT2D eigenvalue weighted by molar-refractivity contribution is -0.123. The van der Waals surface area contributed by atoms with E-state index in [0.29, 0.717) is 29.7 Å². The summed E-state index contributed by atoms with van der Waals surface area (Å²) < 4.78 is 0. The van der Waals surface area contributed by atoms with Crippen molar-refractivity contribution in [2.24, 2.45) is 17.3 Å². The highest BCUT2D eigenvalue weighted by Crippen LogP contribution is 2.26. The van der Waals surface area contributed by atoms with Crippen LogP contribution in [0.1, 0.15) is 60.3 Å². The van der Waals surface area contributed by atoms with Crippen molar-refractivity contribution >= 4 is 5.91 Å². The second-order valence-electron chi connectivity index (χ2n) is 7.52. The van der Waals surface area contributed by atoms with Crippen molar-refractivity contribution < 1.29 is 4.79 Å². The van der Waals surface area contributed by atoms with Gasteiger partial charge in [-0.3, -0.25) is 4.79 Å². The molecule has 0 aromatic carbocycles. The second-order valence-corrected chi connectivity index (χ2v) is 7.52. The molecule has 1 aliphatic rings. The van der Waals surface area contributed by atoms with E-state index in [2.05, 4.69) is 45.3 Å². The highest BCUT2D eigenvalue weighted by atomic mass is 16.1. The van der Waals surface area contributed by atoms with E-state index in [4.69, 9.17) is 0 Å². The third-order valence-electron chi connectivity index (χ3n) is 3.97. The van der Waals surface area contributed by atoms with Crippen LogP contribution in [0.4, 0.5) is 0 Å². The maximum absolute atomic E-state index is 12.1. The molecule has 2 unspecified atom stereocenters. The second kappa shape index (κ2) is 7.28. The quantitative estimate of drug-likeness (QED) is 0.805. The standard InChI is InChI=1S/C16H32N2O/c1-12(11-16(3,4)5)10-15(19)18-13(2)14-6-8-17-9-7-14/h12-14,17H,6-11H2,1-5H3,(H,18,19). The minimum absolute atomic E-state index is 0.225. The van der Waals surface area contributed by atoms with Gasteiger partial charge in [0.2, 0.25) is 5.91 Å². The lowest BCUT2D eigenvalue weighted by Crippen LogP contribution is -2.43. The van der Waals surface area contributed by atoms with E-state index in [1.165, 1.54) is 12.8 Å². The summed E-state index contributed by atoms with van der Waals surface area (Å²) in [6.45, 7) is 13.2. The summed E-state index contributed by atoms with van der Waals surface area (Å²) in [5.41, 5.74) is 0.306. The van der Waals surface area contributed by atoms with Gasteiger partial charge in [0.25, 0.3) is 0 Å². The highest BCUT2D eigenvalue weighted by Gasteiger charge is 2.23. The van der Waals surface area contributed by atoms with Crippen LogP contribution in [-0.4, -0.2) is 25.0 Å². The van der Waals surface area contributed by atoms with Crippen LogP contribution in [0.15, 0.2) is 0 Å². The number of nitrogens with one attached hydrogen (secondary N) is 2. The van der Waals surface area contributed by atoms with Gasteiger partial charge >= 0.3 is 0 Å². The number of hydrogen-bond acceptors (Lipinski definition) is 2. The van der Waals surface area contributed by atoms with Crippen LogP contribution in [0.3, 0.4) is 0 Å². The smallest absolute Gasteiger partial charge is 0.220 e. The molecule has 19 heavy (non-hydrogen) atoms. The van der Waals surface area contributed by atoms with Gasteiger partial charge in [0.15, 0.2) is 0 Å². The van der Waals surface area contributed by atoms with Crippen LogP contribution in [0, 0.1) is 17.3 Å². The Morgan fingerprint density at radius 2 is 1.84 bits per heavy atom. The van der Waals surface area contributed by atoms with Crippen molar-refractivity contribution in [2.75, 3.05) is 13.1 Å². The monoisotopic (exact) mass is 268 g/mol. The zero-order chi connectivity index (χ0) is 14.5. The first kappa shape index (κ1) is 16.5. The Morgan fingerprint density at radius 3 is 2.37 bits per heavy atom. The maximum atomic E-state index is 12.1. The van der Waals surface area contributed by atoms with Crippen molar-refractivity contribution in [3.8, 4) is 0 Å². The Hall–Kier alpha value is -0.570. The van der Waals surface area contributed by atoms with E-state index in [0.717, 1.165) is 19.5 Å². The molecular weight excluding hydrogens is 236 g/mol. The molecule has 1 saturated heterocycles. The number of hydrogen-bond donors (Lipinski definition) is 2. The molecule has 1 fully saturated rings. The van der Waals surface area contributed by atoms with Crippen molar-refractivity contribution in [3.05, 3.63) is 0 Å². The van der Waals surface area contributed by atoms with E-state index in [-0.39, 0.29) is 5.91 Å². The van der Waals surface area contributed by atoms with Crippen LogP contribution >= 0.6 is 0 Å². The van der Waals surface area contributed by atoms with Gasteiger partial charge in [0.05, 0.1) is 0 Å². The Balaban J connectivity index is 2.29. The number of rotatable bonds is 5. The Labute approximate surface area is 118 Å². The summed E-state index contributed by atoms with van der Waals surface area (Å²) in [4.78, 5) is 12.1. The van der Waals surface area contributed by atoms with E-state index in [9.17, 15) is 4.79 Å². The van der Waals surface area contributed by atoms with E-state index < -0.39 is 0 Å². The summed E-state index contributed by atoms with van der Waals surface area (Å²) in [6, 6.07) is 0.316. The number of piperidine rings is 1. The molecule has 0 spiro atoms. The predicted molar refractivity (Wildman–Crippen MR) is 81.1 cm³/mol. The van der Waals surface area contributed by atoms with Gasteiger partial charge < -0.3 is 10.6 Å².